The standard InChI is InChI=1S/C16H18ClN3O/c17-15-6-3-12(10-19-15)16(21)20-13-4-1-11(2-5-13)9-14-7-8-18-14/h1-6,10,14,16,18,20-21H,7-9H2/t14-,16?/m1/s1. The van der Waals surface area contributed by atoms with Gasteiger partial charge in [-0.3, -0.25) is 0 Å². The van der Waals surface area contributed by atoms with Crippen molar-refractivity contribution in [1.29, 1.82) is 0 Å². The number of nitrogens with zero attached hydrogens (tertiary/aromatic N) is 1. The van der Waals surface area contributed by atoms with E-state index in [-0.39, 0.29) is 0 Å². The first-order valence-corrected chi connectivity index (χ1v) is 7.47. The Hall–Kier alpha value is -1.62. The number of aromatic nitrogens is 1. The highest BCUT2D eigenvalue weighted by atomic mass is 35.5. The molecule has 4 nitrogen and oxygen atoms in total. The Morgan fingerprint density at radius 1 is 1.29 bits per heavy atom. The lowest BCUT2D eigenvalue weighted by Gasteiger charge is -2.27. The van der Waals surface area contributed by atoms with E-state index >= 15 is 0 Å². The average molecular weight is 304 g/mol. The second-order valence-electron chi connectivity index (χ2n) is 5.30. The molecule has 3 N–H and O–H groups in total. The van der Waals surface area contributed by atoms with Gasteiger partial charge in [0.1, 0.15) is 5.15 Å². The summed E-state index contributed by atoms with van der Waals surface area (Å²) in [5.41, 5.74) is 2.87. The molecule has 5 heteroatoms. The molecule has 1 aromatic heterocycles. The van der Waals surface area contributed by atoms with Crippen LogP contribution in [-0.2, 0) is 6.42 Å². The van der Waals surface area contributed by atoms with Crippen LogP contribution < -0.4 is 10.6 Å². The lowest BCUT2D eigenvalue weighted by atomic mass is 9.98. The largest absolute Gasteiger partial charge is 0.369 e. The summed E-state index contributed by atoms with van der Waals surface area (Å²) < 4.78 is 0. The Morgan fingerprint density at radius 2 is 2.05 bits per heavy atom. The number of rotatable bonds is 5. The fraction of sp³-hybridized carbons (Fsp3) is 0.312. The van der Waals surface area contributed by atoms with Crippen molar-refractivity contribution in [3.05, 3.63) is 58.9 Å². The second kappa shape index (κ2) is 6.43. The first-order valence-electron chi connectivity index (χ1n) is 7.09. The van der Waals surface area contributed by atoms with Gasteiger partial charge in [-0.2, -0.15) is 0 Å². The zero-order valence-corrected chi connectivity index (χ0v) is 12.3. The van der Waals surface area contributed by atoms with E-state index in [9.17, 15) is 5.11 Å². The van der Waals surface area contributed by atoms with Crippen LogP contribution in [-0.4, -0.2) is 22.7 Å². The summed E-state index contributed by atoms with van der Waals surface area (Å²) in [7, 11) is 0. The molecular weight excluding hydrogens is 286 g/mol. The van der Waals surface area contributed by atoms with Crippen LogP contribution in [0.4, 0.5) is 5.69 Å². The maximum absolute atomic E-state index is 10.1. The third-order valence-corrected chi connectivity index (χ3v) is 3.95. The maximum Gasteiger partial charge on any atom is 0.152 e. The summed E-state index contributed by atoms with van der Waals surface area (Å²) >= 11 is 5.73. The van der Waals surface area contributed by atoms with Gasteiger partial charge in [-0.1, -0.05) is 23.7 Å². The van der Waals surface area contributed by atoms with Crippen molar-refractivity contribution in [2.45, 2.75) is 25.1 Å². The van der Waals surface area contributed by atoms with Gasteiger partial charge in [0.25, 0.3) is 0 Å². The number of hydrogen-bond donors (Lipinski definition) is 3. The minimum atomic E-state index is -0.797. The van der Waals surface area contributed by atoms with Crippen molar-refractivity contribution in [2.75, 3.05) is 11.9 Å². The van der Waals surface area contributed by atoms with E-state index in [1.165, 1.54) is 12.0 Å². The van der Waals surface area contributed by atoms with E-state index in [0.717, 1.165) is 18.7 Å². The molecule has 1 saturated heterocycles. The lowest BCUT2D eigenvalue weighted by molar-refractivity contribution is 0.208. The van der Waals surface area contributed by atoms with E-state index < -0.39 is 6.23 Å². The number of hydrogen-bond acceptors (Lipinski definition) is 4. The SMILES string of the molecule is OC(Nc1ccc(C[C@H]2CCN2)cc1)c1ccc(Cl)nc1. The first-order chi connectivity index (χ1) is 10.2. The van der Waals surface area contributed by atoms with Crippen LogP contribution in [0.2, 0.25) is 5.15 Å². The molecule has 1 aliphatic rings. The molecular formula is C16H18ClN3O. The molecule has 2 aromatic rings. The number of aliphatic hydroxyl groups is 1. The van der Waals surface area contributed by atoms with E-state index in [4.69, 9.17) is 11.6 Å². The van der Waals surface area contributed by atoms with Gasteiger partial charge in [0.15, 0.2) is 6.23 Å². The van der Waals surface area contributed by atoms with Crippen LogP contribution in [0.1, 0.15) is 23.8 Å². The molecule has 0 radical (unpaired) electrons. The Kier molecular flexibility index (Phi) is 4.39. The fourth-order valence-corrected chi connectivity index (χ4v) is 2.45. The van der Waals surface area contributed by atoms with Gasteiger partial charge in [0, 0.05) is 23.5 Å². The molecule has 1 aromatic carbocycles. The molecule has 0 bridgehead atoms. The molecule has 2 atom stereocenters. The summed E-state index contributed by atoms with van der Waals surface area (Å²) in [5.74, 6) is 0. The lowest BCUT2D eigenvalue weighted by Crippen LogP contribution is -2.44. The Labute approximate surface area is 129 Å². The van der Waals surface area contributed by atoms with Gasteiger partial charge in [-0.25, -0.2) is 4.98 Å². The third-order valence-electron chi connectivity index (χ3n) is 3.73. The molecule has 0 saturated carbocycles. The molecule has 2 heterocycles. The molecule has 1 unspecified atom stereocenters. The number of halogens is 1. The van der Waals surface area contributed by atoms with Crippen LogP contribution >= 0.6 is 11.6 Å². The van der Waals surface area contributed by atoms with Gasteiger partial charge in [0.05, 0.1) is 0 Å². The van der Waals surface area contributed by atoms with E-state index in [2.05, 4.69) is 27.8 Å². The summed E-state index contributed by atoms with van der Waals surface area (Å²) in [6.07, 6.45) is 3.08. The summed E-state index contributed by atoms with van der Waals surface area (Å²) in [6, 6.07) is 12.2. The highest BCUT2D eigenvalue weighted by molar-refractivity contribution is 6.29. The third kappa shape index (κ3) is 3.73. The fourth-order valence-electron chi connectivity index (χ4n) is 2.33. The van der Waals surface area contributed by atoms with Crippen LogP contribution in [0, 0.1) is 0 Å². The summed E-state index contributed by atoms with van der Waals surface area (Å²) in [6.45, 7) is 1.13. The number of nitrogens with one attached hydrogen (secondary N) is 2. The van der Waals surface area contributed by atoms with Crippen molar-refractivity contribution < 1.29 is 5.11 Å². The molecule has 110 valence electrons. The molecule has 0 amide bonds. The predicted molar refractivity (Wildman–Crippen MR) is 84.4 cm³/mol. The van der Waals surface area contributed by atoms with Gasteiger partial charge in [-0.05, 0) is 49.2 Å². The minimum Gasteiger partial charge on any atom is -0.369 e. The van der Waals surface area contributed by atoms with Crippen molar-refractivity contribution >= 4 is 17.3 Å². The Balaban J connectivity index is 1.60. The molecule has 1 aliphatic heterocycles. The van der Waals surface area contributed by atoms with E-state index in [0.29, 0.717) is 16.8 Å². The molecule has 21 heavy (non-hydrogen) atoms. The van der Waals surface area contributed by atoms with Crippen LogP contribution in [0.3, 0.4) is 0 Å². The van der Waals surface area contributed by atoms with E-state index in [1.54, 1.807) is 18.3 Å². The maximum atomic E-state index is 10.1. The topological polar surface area (TPSA) is 57.2 Å². The smallest absolute Gasteiger partial charge is 0.152 e. The van der Waals surface area contributed by atoms with Gasteiger partial charge >= 0.3 is 0 Å². The summed E-state index contributed by atoms with van der Waals surface area (Å²) in [5, 5.41) is 17.0. The summed E-state index contributed by atoms with van der Waals surface area (Å²) in [4.78, 5) is 3.96. The predicted octanol–water partition coefficient (Wildman–Crippen LogP) is 2.74. The van der Waals surface area contributed by atoms with Crippen LogP contribution in [0.25, 0.3) is 0 Å². The number of anilines is 1. The molecule has 0 aliphatic carbocycles. The molecule has 3 rings (SSSR count). The average Bonchev–Trinajstić information content (AvgIpc) is 2.45. The van der Waals surface area contributed by atoms with Crippen LogP contribution in [0.15, 0.2) is 42.6 Å². The Bertz CT molecular complexity index is 581. The normalized spacial score (nSPS) is 18.9. The van der Waals surface area contributed by atoms with Crippen molar-refractivity contribution in [3.8, 4) is 0 Å². The van der Waals surface area contributed by atoms with E-state index in [1.807, 2.05) is 12.1 Å². The molecule has 0 spiro atoms. The van der Waals surface area contributed by atoms with Crippen molar-refractivity contribution in [1.82, 2.24) is 10.3 Å². The van der Waals surface area contributed by atoms with Gasteiger partial charge in [-0.15, -0.1) is 0 Å². The van der Waals surface area contributed by atoms with Crippen molar-refractivity contribution in [3.63, 3.8) is 0 Å². The first kappa shape index (κ1) is 14.3. The van der Waals surface area contributed by atoms with Gasteiger partial charge < -0.3 is 15.7 Å². The zero-order chi connectivity index (χ0) is 14.7. The van der Waals surface area contributed by atoms with Crippen LogP contribution in [0.5, 0.6) is 0 Å². The highest BCUT2D eigenvalue weighted by Gasteiger charge is 2.16. The number of pyridine rings is 1. The second-order valence-corrected chi connectivity index (χ2v) is 5.69. The van der Waals surface area contributed by atoms with Crippen molar-refractivity contribution in [2.24, 2.45) is 0 Å². The minimum absolute atomic E-state index is 0.417. The number of benzene rings is 1. The Morgan fingerprint density at radius 3 is 2.62 bits per heavy atom. The zero-order valence-electron chi connectivity index (χ0n) is 11.6. The number of aliphatic hydroxyl groups excluding tert-OH is 1. The van der Waals surface area contributed by atoms with Gasteiger partial charge in [0.2, 0.25) is 0 Å². The monoisotopic (exact) mass is 303 g/mol. The molecule has 1 fully saturated rings. The quantitative estimate of drug-likeness (QED) is 0.587. The highest BCUT2D eigenvalue weighted by Crippen LogP contribution is 2.19.